The summed E-state index contributed by atoms with van der Waals surface area (Å²) in [6, 6.07) is 3.64. The minimum Gasteiger partial charge on any atom is -0.444 e. The van der Waals surface area contributed by atoms with Gasteiger partial charge in [0, 0.05) is 0 Å². The first kappa shape index (κ1) is 5.86. The van der Waals surface area contributed by atoms with E-state index >= 15 is 0 Å². The van der Waals surface area contributed by atoms with Crippen LogP contribution in [0.5, 0.6) is 0 Å². The number of nitrogens with zero attached hydrogens (tertiary/aromatic N) is 3. The molecule has 4 nitrogen and oxygen atoms in total. The van der Waals surface area contributed by atoms with E-state index in [0.717, 1.165) is 5.56 Å². The van der Waals surface area contributed by atoms with Crippen molar-refractivity contribution in [1.29, 1.82) is 5.26 Å². The Morgan fingerprint density at radius 3 is 3.27 bits per heavy atom. The summed E-state index contributed by atoms with van der Waals surface area (Å²) < 4.78 is 4.98. The van der Waals surface area contributed by atoms with Gasteiger partial charge >= 0.3 is 0 Å². The maximum Gasteiger partial charge on any atom is 0.247 e. The van der Waals surface area contributed by atoms with Crippen molar-refractivity contribution in [3.8, 4) is 17.5 Å². The van der Waals surface area contributed by atoms with Gasteiger partial charge in [0.2, 0.25) is 5.89 Å². The van der Waals surface area contributed by atoms with E-state index in [9.17, 15) is 0 Å². The second kappa shape index (κ2) is 2.06. The third kappa shape index (κ3) is 0.829. The quantitative estimate of drug-likeness (QED) is 0.555. The lowest BCUT2D eigenvalue weighted by molar-refractivity contribution is 0.545. The zero-order valence-electron chi connectivity index (χ0n) is 5.48. The molecule has 11 heavy (non-hydrogen) atoms. The molecule has 0 aromatic carbocycles. The fraction of sp³-hybridized carbons (Fsp3) is 0. The van der Waals surface area contributed by atoms with Gasteiger partial charge in [0.05, 0.1) is 17.3 Å². The van der Waals surface area contributed by atoms with E-state index < -0.39 is 0 Å². The topological polar surface area (TPSA) is 62.7 Å². The van der Waals surface area contributed by atoms with Crippen LogP contribution in [0, 0.1) is 11.3 Å². The maximum absolute atomic E-state index is 8.48. The summed E-state index contributed by atoms with van der Waals surface area (Å²) in [5, 5.41) is 15.8. The third-order valence-corrected chi connectivity index (χ3v) is 1.33. The second-order valence-corrected chi connectivity index (χ2v) is 2.05. The van der Waals surface area contributed by atoms with Crippen molar-refractivity contribution >= 4 is 0 Å². The first-order chi connectivity index (χ1) is 5.40. The summed E-state index contributed by atoms with van der Waals surface area (Å²) in [7, 11) is 0. The Morgan fingerprint density at radius 2 is 2.45 bits per heavy atom. The molecule has 2 rings (SSSR count). The Morgan fingerprint density at radius 1 is 1.55 bits per heavy atom. The van der Waals surface area contributed by atoms with Crippen molar-refractivity contribution in [1.82, 2.24) is 10.2 Å². The number of aromatic nitrogens is 2. The first-order valence-electron chi connectivity index (χ1n) is 3.00. The monoisotopic (exact) mass is 145 g/mol. The third-order valence-electron chi connectivity index (χ3n) is 1.33. The van der Waals surface area contributed by atoms with Crippen LogP contribution in [0.1, 0.15) is 5.56 Å². The Bertz CT molecular complexity index is 387. The molecule has 0 spiro atoms. The molecule has 0 aliphatic carbocycles. The van der Waals surface area contributed by atoms with Gasteiger partial charge in [0.15, 0.2) is 0 Å². The SMILES string of the molecule is N#Cc1coc2nncc-2c1. The van der Waals surface area contributed by atoms with Gasteiger partial charge < -0.3 is 4.42 Å². The largest absolute Gasteiger partial charge is 0.444 e. The molecular weight excluding hydrogens is 142 g/mol. The predicted octanol–water partition coefficient (Wildman–Crippen LogP) is 1.05. The van der Waals surface area contributed by atoms with Crippen molar-refractivity contribution in [3.63, 3.8) is 0 Å². The highest BCUT2D eigenvalue weighted by molar-refractivity contribution is 5.54. The van der Waals surface area contributed by atoms with E-state index in [-0.39, 0.29) is 0 Å². The van der Waals surface area contributed by atoms with Gasteiger partial charge in [-0.3, -0.25) is 0 Å². The van der Waals surface area contributed by atoms with Gasteiger partial charge in [0.25, 0.3) is 0 Å². The average Bonchev–Trinajstić information content (AvgIpc) is 2.50. The molecule has 0 atom stereocenters. The number of nitriles is 1. The molecule has 2 aliphatic heterocycles. The number of rotatable bonds is 0. The lowest BCUT2D eigenvalue weighted by atomic mass is 10.2. The molecule has 0 amide bonds. The van der Waals surface area contributed by atoms with Crippen LogP contribution in [-0.2, 0) is 0 Å². The minimum atomic E-state index is 0.462. The van der Waals surface area contributed by atoms with Crippen LogP contribution in [0.2, 0.25) is 0 Å². The molecule has 2 heterocycles. The molecule has 52 valence electrons. The standard InChI is InChI=1S/C7H3N3O/c8-2-5-1-6-3-9-10-7(6)11-4-5/h1,3-4H. The zero-order valence-corrected chi connectivity index (χ0v) is 5.48. The molecule has 0 N–H and O–H groups in total. The molecule has 0 unspecified atom stereocenters. The van der Waals surface area contributed by atoms with E-state index in [4.69, 9.17) is 9.68 Å². The summed E-state index contributed by atoms with van der Waals surface area (Å²) in [5.41, 5.74) is 1.23. The summed E-state index contributed by atoms with van der Waals surface area (Å²) >= 11 is 0. The molecule has 0 bridgehead atoms. The fourth-order valence-corrected chi connectivity index (χ4v) is 0.827. The lowest BCUT2D eigenvalue weighted by Crippen LogP contribution is -1.78. The van der Waals surface area contributed by atoms with Crippen LogP contribution in [-0.4, -0.2) is 10.2 Å². The molecule has 0 aromatic heterocycles. The Hall–Kier alpha value is -1.89. The molecule has 4 heteroatoms. The van der Waals surface area contributed by atoms with E-state index in [1.165, 1.54) is 6.26 Å². The Labute approximate surface area is 62.4 Å². The molecular formula is C7H3N3O. The maximum atomic E-state index is 8.48. The number of hydrogen-bond acceptors (Lipinski definition) is 4. The minimum absolute atomic E-state index is 0.462. The normalized spacial score (nSPS) is 9.73. The van der Waals surface area contributed by atoms with Crippen molar-refractivity contribution in [2.24, 2.45) is 0 Å². The molecule has 0 fully saturated rings. The van der Waals surface area contributed by atoms with Crippen molar-refractivity contribution in [3.05, 3.63) is 24.1 Å². The summed E-state index contributed by atoms with van der Waals surface area (Å²) in [5.74, 6) is 0.462. The molecule has 0 saturated heterocycles. The average molecular weight is 145 g/mol. The van der Waals surface area contributed by atoms with Crippen LogP contribution >= 0.6 is 0 Å². The summed E-state index contributed by atoms with van der Waals surface area (Å²) in [6.07, 6.45) is 2.91. The molecule has 0 saturated carbocycles. The number of hydrogen-bond donors (Lipinski definition) is 0. The van der Waals surface area contributed by atoms with Crippen LogP contribution in [0.15, 0.2) is 22.9 Å². The van der Waals surface area contributed by atoms with Crippen LogP contribution in [0.4, 0.5) is 0 Å². The van der Waals surface area contributed by atoms with Gasteiger partial charge in [-0.05, 0) is 6.07 Å². The van der Waals surface area contributed by atoms with Crippen LogP contribution < -0.4 is 0 Å². The van der Waals surface area contributed by atoms with E-state index in [0.29, 0.717) is 11.5 Å². The Kier molecular flexibility index (Phi) is 1.10. The van der Waals surface area contributed by atoms with Gasteiger partial charge in [-0.1, -0.05) is 0 Å². The van der Waals surface area contributed by atoms with Gasteiger partial charge in [0.1, 0.15) is 12.3 Å². The predicted molar refractivity (Wildman–Crippen MR) is 35.6 cm³/mol. The highest BCUT2D eigenvalue weighted by Crippen LogP contribution is 2.18. The van der Waals surface area contributed by atoms with E-state index in [1.54, 1.807) is 12.3 Å². The Balaban J connectivity index is 2.71. The van der Waals surface area contributed by atoms with Crippen molar-refractivity contribution in [2.75, 3.05) is 0 Å². The summed E-state index contributed by atoms with van der Waals surface area (Å²) in [6.45, 7) is 0. The van der Waals surface area contributed by atoms with Gasteiger partial charge in [-0.15, -0.1) is 5.10 Å². The molecule has 0 radical (unpaired) electrons. The van der Waals surface area contributed by atoms with E-state index in [1.807, 2.05) is 6.07 Å². The highest BCUT2D eigenvalue weighted by atomic mass is 16.3. The smallest absolute Gasteiger partial charge is 0.247 e. The van der Waals surface area contributed by atoms with Gasteiger partial charge in [-0.25, -0.2) is 0 Å². The van der Waals surface area contributed by atoms with Crippen molar-refractivity contribution in [2.45, 2.75) is 0 Å². The number of fused-ring (bicyclic) bond motifs is 1. The lowest BCUT2D eigenvalue weighted by Gasteiger charge is -1.92. The van der Waals surface area contributed by atoms with Crippen LogP contribution in [0.25, 0.3) is 11.5 Å². The summed E-state index contributed by atoms with van der Waals surface area (Å²) in [4.78, 5) is 0. The first-order valence-corrected chi connectivity index (χ1v) is 3.00. The van der Waals surface area contributed by atoms with Crippen molar-refractivity contribution < 1.29 is 4.42 Å². The highest BCUT2D eigenvalue weighted by Gasteiger charge is 2.07. The molecule has 2 aliphatic rings. The fourth-order valence-electron chi connectivity index (χ4n) is 0.827. The van der Waals surface area contributed by atoms with Crippen LogP contribution in [0.3, 0.4) is 0 Å². The van der Waals surface area contributed by atoms with E-state index in [2.05, 4.69) is 10.2 Å². The zero-order chi connectivity index (χ0) is 7.68. The van der Waals surface area contributed by atoms with Gasteiger partial charge in [-0.2, -0.15) is 10.4 Å². The second-order valence-electron chi connectivity index (χ2n) is 2.05. The molecule has 0 aromatic rings.